The average Bonchev–Trinajstić information content (AvgIpc) is 3.33. The fraction of sp³-hybridized carbons (Fsp3) is 0.623. The van der Waals surface area contributed by atoms with E-state index in [0.717, 1.165) is 128 Å². The molecule has 0 saturated carbocycles. The summed E-state index contributed by atoms with van der Waals surface area (Å²) in [4.78, 5) is 38.0. The van der Waals surface area contributed by atoms with Crippen LogP contribution < -0.4 is 0 Å². The highest BCUT2D eigenvalue weighted by atomic mass is 16.6. The molecule has 0 radical (unpaired) electrons. The van der Waals surface area contributed by atoms with E-state index >= 15 is 0 Å². The molecule has 0 fully saturated rings. The molecule has 0 aliphatic carbocycles. The second-order valence-corrected chi connectivity index (χ2v) is 17.4. The molecule has 378 valence electrons. The Morgan fingerprint density at radius 1 is 0.313 bits per heavy atom. The van der Waals surface area contributed by atoms with Crippen molar-refractivity contribution in [1.29, 1.82) is 0 Å². The lowest BCUT2D eigenvalue weighted by Crippen LogP contribution is -2.30. The van der Waals surface area contributed by atoms with Crippen LogP contribution in [0.25, 0.3) is 0 Å². The Bertz CT molecular complexity index is 1440. The van der Waals surface area contributed by atoms with Crippen molar-refractivity contribution in [1.82, 2.24) is 0 Å². The van der Waals surface area contributed by atoms with Crippen molar-refractivity contribution in [3.63, 3.8) is 0 Å². The van der Waals surface area contributed by atoms with Gasteiger partial charge in [0.15, 0.2) is 6.10 Å². The van der Waals surface area contributed by atoms with Crippen LogP contribution in [0.2, 0.25) is 0 Å². The van der Waals surface area contributed by atoms with Crippen molar-refractivity contribution < 1.29 is 28.6 Å². The van der Waals surface area contributed by atoms with E-state index in [-0.39, 0.29) is 37.5 Å². The fourth-order valence-corrected chi connectivity index (χ4v) is 6.85. The molecule has 0 aromatic carbocycles. The highest BCUT2D eigenvalue weighted by Gasteiger charge is 2.19. The molecule has 0 N–H and O–H groups in total. The minimum Gasteiger partial charge on any atom is -0.462 e. The van der Waals surface area contributed by atoms with Crippen LogP contribution in [0.3, 0.4) is 0 Å². The number of rotatable bonds is 47. The van der Waals surface area contributed by atoms with Gasteiger partial charge in [-0.05, 0) is 122 Å². The van der Waals surface area contributed by atoms with Gasteiger partial charge in [-0.3, -0.25) is 14.4 Å². The lowest BCUT2D eigenvalue weighted by Gasteiger charge is -2.18. The third-order valence-electron chi connectivity index (χ3n) is 10.9. The number of ether oxygens (including phenoxy) is 3. The van der Waals surface area contributed by atoms with Gasteiger partial charge in [0.1, 0.15) is 13.2 Å². The van der Waals surface area contributed by atoms with E-state index in [9.17, 15) is 14.4 Å². The maximum atomic E-state index is 12.8. The minimum absolute atomic E-state index is 0.109. The molecule has 6 nitrogen and oxygen atoms in total. The van der Waals surface area contributed by atoms with Gasteiger partial charge in [0.2, 0.25) is 0 Å². The van der Waals surface area contributed by atoms with E-state index in [1.54, 1.807) is 0 Å². The van der Waals surface area contributed by atoms with E-state index in [2.05, 4.69) is 142 Å². The Labute approximate surface area is 412 Å². The number of carbonyl (C=O) groups excluding carboxylic acids is 3. The predicted molar refractivity (Wildman–Crippen MR) is 288 cm³/mol. The molecule has 0 saturated heterocycles. The minimum atomic E-state index is -0.815. The summed E-state index contributed by atoms with van der Waals surface area (Å²) in [5, 5.41) is 0. The summed E-state index contributed by atoms with van der Waals surface area (Å²) in [5.74, 6) is -1.00. The topological polar surface area (TPSA) is 78.9 Å². The fourth-order valence-electron chi connectivity index (χ4n) is 6.85. The Kier molecular flexibility index (Phi) is 51.0. The molecule has 0 aromatic heterocycles. The molecule has 1 unspecified atom stereocenters. The Balaban J connectivity index is 4.49. The molecule has 0 rings (SSSR count). The van der Waals surface area contributed by atoms with Crippen molar-refractivity contribution in [3.05, 3.63) is 122 Å². The Morgan fingerprint density at radius 2 is 0.612 bits per heavy atom. The maximum Gasteiger partial charge on any atom is 0.306 e. The third-order valence-corrected chi connectivity index (χ3v) is 10.9. The van der Waals surface area contributed by atoms with E-state index in [1.165, 1.54) is 51.4 Å². The molecule has 0 aliphatic heterocycles. The first kappa shape index (κ1) is 62.8. The van der Waals surface area contributed by atoms with Crippen LogP contribution in [0.15, 0.2) is 122 Å². The van der Waals surface area contributed by atoms with Gasteiger partial charge < -0.3 is 14.2 Å². The van der Waals surface area contributed by atoms with Crippen LogP contribution in [0.1, 0.15) is 226 Å². The van der Waals surface area contributed by atoms with E-state index in [0.29, 0.717) is 19.3 Å². The lowest BCUT2D eigenvalue weighted by molar-refractivity contribution is -0.167. The van der Waals surface area contributed by atoms with Gasteiger partial charge in [0, 0.05) is 19.3 Å². The summed E-state index contributed by atoms with van der Waals surface area (Å²) < 4.78 is 16.7. The number of carbonyl (C=O) groups is 3. The second kappa shape index (κ2) is 54.4. The van der Waals surface area contributed by atoms with Crippen molar-refractivity contribution in [2.24, 2.45) is 0 Å². The number of hydrogen-bond donors (Lipinski definition) is 0. The first-order valence-corrected chi connectivity index (χ1v) is 27.0. The first-order chi connectivity index (χ1) is 33.0. The summed E-state index contributed by atoms with van der Waals surface area (Å²) in [6.07, 6.45) is 74.7. The predicted octanol–water partition coefficient (Wildman–Crippen LogP) is 18.1. The zero-order valence-corrected chi connectivity index (χ0v) is 43.1. The largest absolute Gasteiger partial charge is 0.462 e. The third kappa shape index (κ3) is 52.6. The van der Waals surface area contributed by atoms with Gasteiger partial charge in [-0.25, -0.2) is 0 Å². The summed E-state index contributed by atoms with van der Waals surface area (Å²) in [5.41, 5.74) is 0. The quantitative estimate of drug-likeness (QED) is 0.0262. The van der Waals surface area contributed by atoms with Crippen LogP contribution in [0, 0.1) is 0 Å². The highest BCUT2D eigenvalue weighted by Crippen LogP contribution is 2.12. The molecule has 0 aliphatic rings. The number of esters is 3. The molecule has 0 amide bonds. The van der Waals surface area contributed by atoms with Crippen LogP contribution in [0.4, 0.5) is 0 Å². The molecule has 0 bridgehead atoms. The zero-order chi connectivity index (χ0) is 48.6. The summed E-state index contributed by atoms with van der Waals surface area (Å²) in [6.45, 7) is 6.37. The van der Waals surface area contributed by atoms with Crippen LogP contribution >= 0.6 is 0 Å². The van der Waals surface area contributed by atoms with Crippen LogP contribution in [-0.4, -0.2) is 37.2 Å². The number of hydrogen-bond acceptors (Lipinski definition) is 6. The molecule has 0 heterocycles. The van der Waals surface area contributed by atoms with Crippen molar-refractivity contribution in [2.75, 3.05) is 13.2 Å². The molecule has 0 spiro atoms. The van der Waals surface area contributed by atoms with Gasteiger partial charge in [0.05, 0.1) is 0 Å². The standard InChI is InChI=1S/C61H98O6/c1-4-7-10-13-16-19-22-25-27-28-29-30-31-32-33-34-35-37-39-42-45-48-51-54-60(63)66-57-58(56-65-59(62)53-50-47-44-41-38-24-21-18-15-12-9-6-3)67-61(64)55-52-49-46-43-40-36-26-23-20-17-14-11-8-5-2/h7,10,14,16-19,21,23,25-27,29-30,32-33,35,37,42,45,58H,4-6,8-9,11-13,15,20,22,24,28,31,34,36,38-41,43-44,46-57H2,1-3H3/b10-7-,17-14-,19-16-,21-18-,26-23-,27-25-,30-29-,33-32-,37-35-,45-42-. The highest BCUT2D eigenvalue weighted by molar-refractivity contribution is 5.71. The van der Waals surface area contributed by atoms with Gasteiger partial charge in [-0.15, -0.1) is 0 Å². The van der Waals surface area contributed by atoms with Gasteiger partial charge >= 0.3 is 17.9 Å². The molecular weight excluding hydrogens is 829 g/mol. The smallest absolute Gasteiger partial charge is 0.306 e. The van der Waals surface area contributed by atoms with E-state index in [4.69, 9.17) is 14.2 Å². The molecule has 0 aromatic rings. The Hall–Kier alpha value is -4.19. The lowest BCUT2D eigenvalue weighted by atomic mass is 10.1. The number of unbranched alkanes of at least 4 members (excludes halogenated alkanes) is 16. The maximum absolute atomic E-state index is 12.8. The average molecular weight is 927 g/mol. The summed E-state index contributed by atoms with van der Waals surface area (Å²) >= 11 is 0. The van der Waals surface area contributed by atoms with Crippen molar-refractivity contribution in [2.45, 2.75) is 232 Å². The summed E-state index contributed by atoms with van der Waals surface area (Å²) in [7, 11) is 0. The normalized spacial score (nSPS) is 13.1. The molecular formula is C61H98O6. The van der Waals surface area contributed by atoms with E-state index in [1.807, 2.05) is 0 Å². The first-order valence-electron chi connectivity index (χ1n) is 27.0. The molecule has 1 atom stereocenters. The van der Waals surface area contributed by atoms with Crippen LogP contribution in [0.5, 0.6) is 0 Å². The van der Waals surface area contributed by atoms with Gasteiger partial charge in [-0.1, -0.05) is 206 Å². The molecule has 67 heavy (non-hydrogen) atoms. The zero-order valence-electron chi connectivity index (χ0n) is 43.1. The second-order valence-electron chi connectivity index (χ2n) is 17.4. The van der Waals surface area contributed by atoms with E-state index < -0.39 is 6.10 Å². The number of allylic oxidation sites excluding steroid dienone is 20. The van der Waals surface area contributed by atoms with Gasteiger partial charge in [0.25, 0.3) is 0 Å². The summed E-state index contributed by atoms with van der Waals surface area (Å²) in [6, 6.07) is 0. The SMILES string of the molecule is CC/C=C\C/C=C\C/C=C\C/C=C\C/C=C\C/C=C\C/C=C\CCCC(=O)OCC(COC(=O)CCCCCCC/C=C\CCCCC)OC(=O)CCCCCCC/C=C\C/C=C\CCCC. The van der Waals surface area contributed by atoms with Crippen LogP contribution in [-0.2, 0) is 28.6 Å². The van der Waals surface area contributed by atoms with Gasteiger partial charge in [-0.2, -0.15) is 0 Å². The van der Waals surface area contributed by atoms with Crippen molar-refractivity contribution in [3.8, 4) is 0 Å². The Morgan fingerprint density at radius 3 is 1.03 bits per heavy atom. The monoisotopic (exact) mass is 927 g/mol. The molecule has 6 heteroatoms. The van der Waals surface area contributed by atoms with Crippen molar-refractivity contribution >= 4 is 17.9 Å².